The third kappa shape index (κ3) is 2.74. The third-order valence-electron chi connectivity index (χ3n) is 2.55. The van der Waals surface area contributed by atoms with Crippen molar-refractivity contribution < 1.29 is 19.9 Å². The molecule has 0 radical (unpaired) electrons. The van der Waals surface area contributed by atoms with E-state index in [-0.39, 0.29) is 29.5 Å². The molecule has 2 rings (SSSR count). The smallest absolute Gasteiger partial charge is 0.276 e. The molecule has 98 valence electrons. The van der Waals surface area contributed by atoms with Crippen molar-refractivity contribution in [2.24, 2.45) is 0 Å². The van der Waals surface area contributed by atoms with Crippen LogP contribution in [0, 0.1) is 10.1 Å². The Bertz CT molecular complexity index is 612. The summed E-state index contributed by atoms with van der Waals surface area (Å²) in [6.45, 7) is -0.0752. The van der Waals surface area contributed by atoms with E-state index in [2.05, 4.69) is 0 Å². The minimum absolute atomic E-state index is 0.0536. The van der Waals surface area contributed by atoms with E-state index in [1.165, 1.54) is 24.3 Å². The number of phenols is 2. The fraction of sp³-hybridized carbons (Fsp3) is 0.0769. The lowest BCUT2D eigenvalue weighted by Crippen LogP contribution is -2.00. The van der Waals surface area contributed by atoms with Crippen LogP contribution in [0.5, 0.6) is 17.2 Å². The molecule has 19 heavy (non-hydrogen) atoms. The van der Waals surface area contributed by atoms with E-state index in [4.69, 9.17) is 4.74 Å². The Balaban J connectivity index is 2.19. The van der Waals surface area contributed by atoms with Gasteiger partial charge in [0.1, 0.15) is 6.61 Å². The number of rotatable bonds is 4. The number of aromatic hydroxyl groups is 2. The van der Waals surface area contributed by atoms with Gasteiger partial charge in [0, 0.05) is 6.07 Å². The van der Waals surface area contributed by atoms with Crippen molar-refractivity contribution in [1.82, 2.24) is 0 Å². The molecule has 0 unspecified atom stereocenters. The first-order chi connectivity index (χ1) is 9.09. The van der Waals surface area contributed by atoms with Gasteiger partial charge in [-0.3, -0.25) is 10.1 Å². The zero-order chi connectivity index (χ0) is 13.8. The molecule has 0 saturated carbocycles. The highest BCUT2D eigenvalue weighted by atomic mass is 16.6. The largest absolute Gasteiger partial charge is 0.504 e. The van der Waals surface area contributed by atoms with Gasteiger partial charge in [-0.1, -0.05) is 18.2 Å². The molecule has 2 aromatic rings. The van der Waals surface area contributed by atoms with Crippen LogP contribution >= 0.6 is 0 Å². The van der Waals surface area contributed by atoms with E-state index in [0.717, 1.165) is 0 Å². The van der Waals surface area contributed by atoms with E-state index in [1.54, 1.807) is 18.2 Å². The molecule has 0 aromatic heterocycles. The van der Waals surface area contributed by atoms with Crippen LogP contribution in [-0.4, -0.2) is 15.1 Å². The number of para-hydroxylation sites is 2. The molecule has 6 heteroatoms. The van der Waals surface area contributed by atoms with Crippen LogP contribution in [-0.2, 0) is 6.61 Å². The average Bonchev–Trinajstić information content (AvgIpc) is 2.40. The van der Waals surface area contributed by atoms with E-state index in [9.17, 15) is 20.3 Å². The van der Waals surface area contributed by atoms with E-state index >= 15 is 0 Å². The Hall–Kier alpha value is -2.76. The number of benzene rings is 2. The maximum absolute atomic E-state index is 10.8. The normalized spacial score (nSPS) is 10.1. The zero-order valence-electron chi connectivity index (χ0n) is 9.81. The van der Waals surface area contributed by atoms with E-state index in [0.29, 0.717) is 5.56 Å². The Labute approximate surface area is 108 Å². The van der Waals surface area contributed by atoms with Crippen LogP contribution in [0.15, 0.2) is 42.5 Å². The standard InChI is InChI=1S/C13H11NO5/c15-11-6-3-7-12(13(11)16)19-8-9-4-1-2-5-10(9)14(17)18/h1-7,15-16H,8H2. The summed E-state index contributed by atoms with van der Waals surface area (Å²) < 4.78 is 5.28. The fourth-order valence-corrected chi connectivity index (χ4v) is 1.59. The van der Waals surface area contributed by atoms with Crippen molar-refractivity contribution in [2.45, 2.75) is 6.61 Å². The Morgan fingerprint density at radius 3 is 2.58 bits per heavy atom. The summed E-state index contributed by atoms with van der Waals surface area (Å²) in [4.78, 5) is 10.3. The summed E-state index contributed by atoms with van der Waals surface area (Å²) >= 11 is 0. The monoisotopic (exact) mass is 261 g/mol. The number of nitro groups is 1. The first kappa shape index (κ1) is 12.7. The molecule has 0 aliphatic carbocycles. The third-order valence-corrected chi connectivity index (χ3v) is 2.55. The van der Waals surface area contributed by atoms with Crippen LogP contribution in [0.25, 0.3) is 0 Å². The second kappa shape index (κ2) is 5.26. The minimum Gasteiger partial charge on any atom is -0.504 e. The molecule has 0 fully saturated rings. The average molecular weight is 261 g/mol. The van der Waals surface area contributed by atoms with E-state index in [1.807, 2.05) is 0 Å². The molecule has 0 aliphatic heterocycles. The zero-order valence-corrected chi connectivity index (χ0v) is 9.81. The lowest BCUT2D eigenvalue weighted by Gasteiger charge is -2.09. The van der Waals surface area contributed by atoms with Crippen LogP contribution in [0.4, 0.5) is 5.69 Å². The molecule has 0 aliphatic rings. The van der Waals surface area contributed by atoms with Gasteiger partial charge in [0.2, 0.25) is 5.75 Å². The fourth-order valence-electron chi connectivity index (χ4n) is 1.59. The summed E-state index contributed by atoms with van der Waals surface area (Å²) in [5.74, 6) is -0.626. The highest BCUT2D eigenvalue weighted by Crippen LogP contribution is 2.35. The van der Waals surface area contributed by atoms with Crippen LogP contribution in [0.1, 0.15) is 5.56 Å². The number of nitro benzene ring substituents is 1. The maximum atomic E-state index is 10.8. The number of hydrogen-bond acceptors (Lipinski definition) is 5. The first-order valence-corrected chi connectivity index (χ1v) is 5.45. The van der Waals surface area contributed by atoms with Crippen molar-refractivity contribution in [2.75, 3.05) is 0 Å². The van der Waals surface area contributed by atoms with Crippen LogP contribution < -0.4 is 4.74 Å². The molecular formula is C13H11NO5. The molecule has 2 aromatic carbocycles. The van der Waals surface area contributed by atoms with E-state index < -0.39 is 4.92 Å². The molecule has 0 atom stereocenters. The van der Waals surface area contributed by atoms with Gasteiger partial charge in [-0.2, -0.15) is 0 Å². The van der Waals surface area contributed by atoms with Crippen molar-refractivity contribution in [1.29, 1.82) is 0 Å². The first-order valence-electron chi connectivity index (χ1n) is 5.45. The molecular weight excluding hydrogens is 250 g/mol. The van der Waals surface area contributed by atoms with Crippen LogP contribution in [0.2, 0.25) is 0 Å². The van der Waals surface area contributed by atoms with Gasteiger partial charge in [-0.05, 0) is 18.2 Å². The lowest BCUT2D eigenvalue weighted by molar-refractivity contribution is -0.385. The predicted molar refractivity (Wildman–Crippen MR) is 67.2 cm³/mol. The summed E-state index contributed by atoms with van der Waals surface area (Å²) in [5, 5.41) is 29.7. The Kier molecular flexibility index (Phi) is 3.51. The highest BCUT2D eigenvalue weighted by Gasteiger charge is 2.14. The van der Waals surface area contributed by atoms with Crippen LogP contribution in [0.3, 0.4) is 0 Å². The second-order valence-electron chi connectivity index (χ2n) is 3.80. The van der Waals surface area contributed by atoms with Crippen molar-refractivity contribution in [3.63, 3.8) is 0 Å². The topological polar surface area (TPSA) is 92.8 Å². The molecule has 0 saturated heterocycles. The molecule has 0 bridgehead atoms. The second-order valence-corrected chi connectivity index (χ2v) is 3.80. The summed E-state index contributed by atoms with van der Waals surface area (Å²) in [6, 6.07) is 10.4. The number of hydrogen-bond donors (Lipinski definition) is 2. The van der Waals surface area contributed by atoms with Gasteiger partial charge >= 0.3 is 0 Å². The number of ether oxygens (including phenoxy) is 1. The number of nitrogens with zero attached hydrogens (tertiary/aromatic N) is 1. The minimum atomic E-state index is -0.499. The van der Waals surface area contributed by atoms with Crippen molar-refractivity contribution >= 4 is 5.69 Å². The van der Waals surface area contributed by atoms with Crippen molar-refractivity contribution in [3.05, 3.63) is 58.1 Å². The molecule has 6 nitrogen and oxygen atoms in total. The molecule has 0 spiro atoms. The SMILES string of the molecule is O=[N+]([O-])c1ccccc1COc1cccc(O)c1O. The summed E-state index contributed by atoms with van der Waals surface area (Å²) in [5.41, 5.74) is 0.331. The highest BCUT2D eigenvalue weighted by molar-refractivity contribution is 5.49. The van der Waals surface area contributed by atoms with Gasteiger partial charge < -0.3 is 14.9 Å². The molecule has 0 amide bonds. The van der Waals surface area contributed by atoms with Gasteiger partial charge in [-0.15, -0.1) is 0 Å². The van der Waals surface area contributed by atoms with Gasteiger partial charge in [0.05, 0.1) is 10.5 Å². The van der Waals surface area contributed by atoms with Gasteiger partial charge in [0.25, 0.3) is 5.69 Å². The maximum Gasteiger partial charge on any atom is 0.276 e. The van der Waals surface area contributed by atoms with Gasteiger partial charge in [0.15, 0.2) is 11.5 Å². The van der Waals surface area contributed by atoms with Crippen molar-refractivity contribution in [3.8, 4) is 17.2 Å². The van der Waals surface area contributed by atoms with Gasteiger partial charge in [-0.25, -0.2) is 0 Å². The predicted octanol–water partition coefficient (Wildman–Crippen LogP) is 2.59. The lowest BCUT2D eigenvalue weighted by atomic mass is 10.2. The molecule has 2 N–H and O–H groups in total. The summed E-state index contributed by atoms with van der Waals surface area (Å²) in [7, 11) is 0. The quantitative estimate of drug-likeness (QED) is 0.501. The Morgan fingerprint density at radius 1 is 1.11 bits per heavy atom. The molecule has 0 heterocycles. The number of phenolic OH excluding ortho intramolecular Hbond substituents is 2. The Morgan fingerprint density at radius 2 is 1.84 bits per heavy atom. The summed E-state index contributed by atoms with van der Waals surface area (Å²) in [6.07, 6.45) is 0.